The van der Waals surface area contributed by atoms with Gasteiger partial charge in [0.15, 0.2) is 0 Å². The zero-order chi connectivity index (χ0) is 22.0. The number of nitrogens with one attached hydrogen (secondary N) is 1. The Bertz CT molecular complexity index is 1090. The molecule has 3 aromatic rings. The minimum absolute atomic E-state index is 0.0447. The van der Waals surface area contributed by atoms with Gasteiger partial charge in [-0.2, -0.15) is 0 Å². The van der Waals surface area contributed by atoms with Crippen molar-refractivity contribution >= 4 is 56.6 Å². The van der Waals surface area contributed by atoms with Crippen LogP contribution >= 0.6 is 34.5 Å². The van der Waals surface area contributed by atoms with Crippen molar-refractivity contribution in [3.8, 4) is 0 Å². The molecule has 1 saturated heterocycles. The predicted molar refractivity (Wildman–Crippen MR) is 126 cm³/mol. The highest BCUT2D eigenvalue weighted by Crippen LogP contribution is 2.35. The number of carbonyl (C=O) groups is 2. The van der Waals surface area contributed by atoms with Crippen LogP contribution in [0.1, 0.15) is 48.7 Å². The third-order valence-electron chi connectivity index (χ3n) is 5.59. The zero-order valence-electron chi connectivity index (χ0n) is 17.1. The molecule has 2 aromatic carbocycles. The summed E-state index contributed by atoms with van der Waals surface area (Å²) in [7, 11) is 0. The summed E-state index contributed by atoms with van der Waals surface area (Å²) in [6.45, 7) is 2.84. The smallest absolute Gasteiger partial charge is 0.224 e. The van der Waals surface area contributed by atoms with Gasteiger partial charge in [0.25, 0.3) is 0 Å². The lowest BCUT2D eigenvalue weighted by atomic mass is 9.96. The number of likely N-dealkylation sites (tertiary alicyclic amines) is 1. The van der Waals surface area contributed by atoms with E-state index in [1.54, 1.807) is 23.5 Å². The van der Waals surface area contributed by atoms with E-state index < -0.39 is 0 Å². The molecular weight excluding hydrogens is 453 g/mol. The van der Waals surface area contributed by atoms with Crippen molar-refractivity contribution in [2.45, 2.75) is 38.1 Å². The summed E-state index contributed by atoms with van der Waals surface area (Å²) in [5.74, 6) is 0.230. The molecule has 2 heterocycles. The summed E-state index contributed by atoms with van der Waals surface area (Å²) < 4.78 is 1.14. The number of piperidine rings is 1. The highest BCUT2D eigenvalue weighted by Gasteiger charge is 2.28. The molecule has 0 aliphatic carbocycles. The second kappa shape index (κ2) is 9.55. The summed E-state index contributed by atoms with van der Waals surface area (Å²) >= 11 is 13.8. The van der Waals surface area contributed by atoms with Gasteiger partial charge < -0.3 is 10.2 Å². The molecule has 1 aromatic heterocycles. The van der Waals surface area contributed by atoms with Crippen LogP contribution in [0.15, 0.2) is 42.5 Å². The van der Waals surface area contributed by atoms with Crippen molar-refractivity contribution in [3.63, 3.8) is 0 Å². The lowest BCUT2D eigenvalue weighted by molar-refractivity contribution is -0.133. The molecule has 31 heavy (non-hydrogen) atoms. The summed E-state index contributed by atoms with van der Waals surface area (Å²) in [5, 5.41) is 5.32. The van der Waals surface area contributed by atoms with Crippen molar-refractivity contribution in [1.82, 2.24) is 15.2 Å². The van der Waals surface area contributed by atoms with Crippen molar-refractivity contribution in [2.24, 2.45) is 0 Å². The van der Waals surface area contributed by atoms with Crippen molar-refractivity contribution in [2.75, 3.05) is 13.1 Å². The van der Waals surface area contributed by atoms with E-state index in [4.69, 9.17) is 28.2 Å². The molecule has 4 rings (SSSR count). The molecule has 1 fully saturated rings. The third kappa shape index (κ3) is 5.37. The monoisotopic (exact) mass is 475 g/mol. The summed E-state index contributed by atoms with van der Waals surface area (Å²) in [4.78, 5) is 31.3. The van der Waals surface area contributed by atoms with Gasteiger partial charge in [-0.1, -0.05) is 35.3 Å². The van der Waals surface area contributed by atoms with Crippen LogP contribution in [0.3, 0.4) is 0 Å². The van der Waals surface area contributed by atoms with Crippen LogP contribution < -0.4 is 5.32 Å². The number of halogens is 2. The summed E-state index contributed by atoms with van der Waals surface area (Å²) in [6.07, 6.45) is 1.99. The number of fused-ring (bicyclic) bond motifs is 1. The number of hydrogen-bond acceptors (Lipinski definition) is 4. The van der Waals surface area contributed by atoms with Crippen LogP contribution in [0.5, 0.6) is 0 Å². The highest BCUT2D eigenvalue weighted by molar-refractivity contribution is 7.18. The molecule has 8 heteroatoms. The molecule has 0 spiro atoms. The molecule has 1 N–H and O–H groups in total. The van der Waals surface area contributed by atoms with Crippen LogP contribution in [0.2, 0.25) is 10.0 Å². The minimum atomic E-state index is -0.367. The topological polar surface area (TPSA) is 62.3 Å². The number of amides is 2. The van der Waals surface area contributed by atoms with Gasteiger partial charge in [-0.25, -0.2) is 4.98 Å². The zero-order valence-corrected chi connectivity index (χ0v) is 19.4. The molecule has 5 nitrogen and oxygen atoms in total. The molecular formula is C23H23Cl2N3O2S. The van der Waals surface area contributed by atoms with E-state index in [2.05, 4.69) is 5.32 Å². The van der Waals surface area contributed by atoms with E-state index in [9.17, 15) is 9.59 Å². The lowest BCUT2D eigenvalue weighted by Gasteiger charge is -2.32. The molecule has 0 saturated carbocycles. The Labute approximate surface area is 195 Å². The van der Waals surface area contributed by atoms with Gasteiger partial charge in [-0.3, -0.25) is 9.59 Å². The number of benzene rings is 2. The maximum Gasteiger partial charge on any atom is 0.224 e. The SMILES string of the molecule is CC(=O)NC(CC(=O)N1CCC(c2nc3cc(Cl)ccc3s2)CC1)c1ccc(Cl)cc1. The Morgan fingerprint density at radius 2 is 1.81 bits per heavy atom. The van der Waals surface area contributed by atoms with E-state index in [0.717, 1.165) is 33.6 Å². The summed E-state index contributed by atoms with van der Waals surface area (Å²) in [6, 6.07) is 12.7. The molecule has 0 radical (unpaired) electrons. The Balaban J connectivity index is 1.39. The molecule has 1 unspecified atom stereocenters. The molecule has 1 aliphatic heterocycles. The van der Waals surface area contributed by atoms with Crippen LogP contribution in [-0.2, 0) is 9.59 Å². The Morgan fingerprint density at radius 3 is 2.48 bits per heavy atom. The van der Waals surface area contributed by atoms with Crippen LogP contribution in [-0.4, -0.2) is 34.8 Å². The quantitative estimate of drug-likeness (QED) is 0.523. The summed E-state index contributed by atoms with van der Waals surface area (Å²) in [5.41, 5.74) is 1.81. The number of hydrogen-bond donors (Lipinski definition) is 1. The van der Waals surface area contributed by atoms with Gasteiger partial charge in [0, 0.05) is 36.0 Å². The fourth-order valence-electron chi connectivity index (χ4n) is 3.97. The van der Waals surface area contributed by atoms with E-state index in [1.807, 2.05) is 35.2 Å². The second-order valence-electron chi connectivity index (χ2n) is 7.83. The largest absolute Gasteiger partial charge is 0.349 e. The number of thiazole rings is 1. The Kier molecular flexibility index (Phi) is 6.80. The molecule has 0 bridgehead atoms. The van der Waals surface area contributed by atoms with E-state index >= 15 is 0 Å². The fourth-order valence-corrected chi connectivity index (χ4v) is 5.37. The third-order valence-corrected chi connectivity index (χ3v) is 7.28. The highest BCUT2D eigenvalue weighted by atomic mass is 35.5. The maximum atomic E-state index is 13.0. The van der Waals surface area contributed by atoms with Crippen LogP contribution in [0.4, 0.5) is 0 Å². The first-order valence-corrected chi connectivity index (χ1v) is 11.8. The number of carbonyl (C=O) groups excluding carboxylic acids is 2. The molecule has 1 aliphatic rings. The van der Waals surface area contributed by atoms with E-state index in [0.29, 0.717) is 29.1 Å². The van der Waals surface area contributed by atoms with Gasteiger partial charge in [0.05, 0.1) is 27.7 Å². The van der Waals surface area contributed by atoms with Gasteiger partial charge in [-0.15, -0.1) is 11.3 Å². The van der Waals surface area contributed by atoms with Gasteiger partial charge in [-0.05, 0) is 48.7 Å². The number of rotatable bonds is 5. The average Bonchev–Trinajstić information content (AvgIpc) is 3.17. The second-order valence-corrected chi connectivity index (χ2v) is 9.76. The normalized spacial score (nSPS) is 15.8. The first-order valence-electron chi connectivity index (χ1n) is 10.3. The lowest BCUT2D eigenvalue weighted by Crippen LogP contribution is -2.40. The Morgan fingerprint density at radius 1 is 1.13 bits per heavy atom. The number of aromatic nitrogens is 1. The van der Waals surface area contributed by atoms with Gasteiger partial charge in [0.1, 0.15) is 0 Å². The van der Waals surface area contributed by atoms with Gasteiger partial charge in [0.2, 0.25) is 11.8 Å². The molecule has 162 valence electrons. The molecule has 2 amide bonds. The molecule has 1 atom stereocenters. The van der Waals surface area contributed by atoms with Crippen LogP contribution in [0.25, 0.3) is 10.2 Å². The van der Waals surface area contributed by atoms with Gasteiger partial charge >= 0.3 is 0 Å². The first-order chi connectivity index (χ1) is 14.9. The van der Waals surface area contributed by atoms with E-state index in [-0.39, 0.29) is 24.3 Å². The van der Waals surface area contributed by atoms with Crippen molar-refractivity contribution < 1.29 is 9.59 Å². The maximum absolute atomic E-state index is 13.0. The Hall–Kier alpha value is -2.15. The standard InChI is InChI=1S/C23H23Cl2N3O2S/c1-14(29)26-19(15-2-4-17(24)5-3-15)13-22(30)28-10-8-16(9-11-28)23-27-20-12-18(25)6-7-21(20)31-23/h2-7,12,16,19H,8-11,13H2,1H3,(H,26,29). The minimum Gasteiger partial charge on any atom is -0.349 e. The van der Waals surface area contributed by atoms with Crippen LogP contribution in [0, 0.1) is 0 Å². The average molecular weight is 476 g/mol. The first kappa shape index (κ1) is 22.1. The van der Waals surface area contributed by atoms with Crippen molar-refractivity contribution in [3.05, 3.63) is 63.1 Å². The fraction of sp³-hybridized carbons (Fsp3) is 0.348. The van der Waals surface area contributed by atoms with Crippen molar-refractivity contribution in [1.29, 1.82) is 0 Å². The van der Waals surface area contributed by atoms with E-state index in [1.165, 1.54) is 6.92 Å². The predicted octanol–water partition coefficient (Wildman–Crippen LogP) is 5.58. The number of nitrogens with zero attached hydrogens (tertiary/aromatic N) is 2.